The number of benzene rings is 7. The molecule has 14 heteroatoms. The summed E-state index contributed by atoms with van der Waals surface area (Å²) in [5.41, 5.74) is 6.28. The van der Waals surface area contributed by atoms with E-state index in [1.165, 1.54) is 41.0 Å². The zero-order valence-corrected chi connectivity index (χ0v) is 49.8. The number of carbonyl (C=O) groups is 3. The fourth-order valence-corrected chi connectivity index (χ4v) is 10.5. The number of nitrogens with zero attached hydrogens (tertiary/aromatic N) is 5. The zero-order chi connectivity index (χ0) is 60.4. The van der Waals surface area contributed by atoms with E-state index in [0.29, 0.717) is 57.7 Å². The number of unbranched alkanes of at least 4 members (excludes halogenated alkanes) is 2. The van der Waals surface area contributed by atoms with Crippen LogP contribution in [0.1, 0.15) is 84.0 Å². The van der Waals surface area contributed by atoms with Crippen molar-refractivity contribution in [3.05, 3.63) is 245 Å². The Morgan fingerprint density at radius 2 is 0.942 bits per heavy atom. The highest BCUT2D eigenvalue weighted by Crippen LogP contribution is 2.30. The van der Waals surface area contributed by atoms with Gasteiger partial charge in [-0.1, -0.05) is 184 Å². The Kier molecular flexibility index (Phi) is 25.0. The lowest BCUT2D eigenvalue weighted by Crippen LogP contribution is -2.56. The number of amides is 3. The lowest BCUT2D eigenvalue weighted by molar-refractivity contribution is -0.145. The molecule has 0 unspecified atom stereocenters. The van der Waals surface area contributed by atoms with Crippen LogP contribution < -0.4 is 14.8 Å². The fraction of sp³-hybridized carbons (Fsp3) is 0.347. The molecule has 2 aliphatic rings. The smallest absolute Gasteiger partial charge is 0.416 e. The molecule has 0 aliphatic carbocycles. The third kappa shape index (κ3) is 20.6. The molecule has 7 aromatic carbocycles. The number of halogens is 3. The largest absolute Gasteiger partial charge is 0.494 e. The van der Waals surface area contributed by atoms with E-state index in [1.54, 1.807) is 4.90 Å². The van der Waals surface area contributed by atoms with Crippen LogP contribution in [-0.2, 0) is 59.6 Å². The molecule has 1 N–H and O–H groups in total. The molecular weight excluding hydrogens is 1090 g/mol. The van der Waals surface area contributed by atoms with Crippen LogP contribution in [-0.4, -0.2) is 120 Å². The minimum atomic E-state index is -4.45. The Balaban J connectivity index is 0.000000236. The summed E-state index contributed by atoms with van der Waals surface area (Å²) in [5.74, 6) is 1.27. The summed E-state index contributed by atoms with van der Waals surface area (Å²) in [6.45, 7) is 14.0. The van der Waals surface area contributed by atoms with Crippen molar-refractivity contribution in [3.8, 4) is 11.5 Å². The molecule has 2 aliphatic heterocycles. The van der Waals surface area contributed by atoms with E-state index in [4.69, 9.17) is 9.47 Å². The van der Waals surface area contributed by atoms with Gasteiger partial charge < -0.3 is 29.5 Å². The Morgan fingerprint density at radius 3 is 1.40 bits per heavy atom. The minimum Gasteiger partial charge on any atom is -0.494 e. The second kappa shape index (κ2) is 33.6. The molecule has 452 valence electrons. The maximum Gasteiger partial charge on any atom is 0.416 e. The number of piperazine rings is 2. The van der Waals surface area contributed by atoms with E-state index in [9.17, 15) is 27.6 Å². The van der Waals surface area contributed by atoms with Gasteiger partial charge in [0.05, 0.1) is 24.8 Å². The standard InChI is InChI=1S/C41H44F3N3O3.C31H39N3O2/c1-2-3-28-50-37-21-16-35(17-22-37)31-47(39(48)23-18-32-14-19-36(20-15-32)41(42,43)44)38(29-33-10-6-4-7-11-33)40(49)46-26-24-45(25-27-46)30-34-12-8-5-9-13-34;1-2-3-22-36-29-16-14-27(15-17-29)24-32-30(23-26-10-6-4-7-11-26)31(35)34-20-18-33(19-21-34)25-28-12-8-5-9-13-28/h4-23,38H,2-3,24-31H2,1H3;4-17,30,32H,2-3,18-25H2,1H3/b23-18+;/t38-;30-/m00/s1. The van der Waals surface area contributed by atoms with Crippen LogP contribution in [0.2, 0.25) is 0 Å². The van der Waals surface area contributed by atoms with Crippen molar-refractivity contribution in [1.29, 1.82) is 0 Å². The van der Waals surface area contributed by atoms with Gasteiger partial charge in [0.15, 0.2) is 0 Å². The predicted molar refractivity (Wildman–Crippen MR) is 336 cm³/mol. The maximum absolute atomic E-state index is 14.5. The van der Waals surface area contributed by atoms with E-state index in [2.05, 4.69) is 95.7 Å². The highest BCUT2D eigenvalue weighted by molar-refractivity contribution is 5.96. The van der Waals surface area contributed by atoms with Gasteiger partial charge in [0, 0.05) is 91.0 Å². The summed E-state index contributed by atoms with van der Waals surface area (Å²) < 4.78 is 51.0. The summed E-state index contributed by atoms with van der Waals surface area (Å²) >= 11 is 0. The van der Waals surface area contributed by atoms with Crippen molar-refractivity contribution < 1.29 is 37.0 Å². The molecule has 2 fully saturated rings. The van der Waals surface area contributed by atoms with Crippen molar-refractivity contribution in [2.45, 2.75) is 96.8 Å². The van der Waals surface area contributed by atoms with Gasteiger partial charge in [-0.3, -0.25) is 24.2 Å². The average molecular weight is 1170 g/mol. The van der Waals surface area contributed by atoms with Gasteiger partial charge in [0.2, 0.25) is 17.7 Å². The van der Waals surface area contributed by atoms with Crippen LogP contribution >= 0.6 is 0 Å². The number of hydrogen-bond donors (Lipinski definition) is 1. The van der Waals surface area contributed by atoms with Crippen LogP contribution in [0.5, 0.6) is 11.5 Å². The molecule has 9 rings (SSSR count). The van der Waals surface area contributed by atoms with Crippen LogP contribution in [0.4, 0.5) is 13.2 Å². The van der Waals surface area contributed by atoms with Gasteiger partial charge in [0.1, 0.15) is 17.5 Å². The second-order valence-electron chi connectivity index (χ2n) is 22.1. The van der Waals surface area contributed by atoms with Gasteiger partial charge >= 0.3 is 6.18 Å². The first-order valence-corrected chi connectivity index (χ1v) is 30.4. The predicted octanol–water partition coefficient (Wildman–Crippen LogP) is 12.8. The monoisotopic (exact) mass is 1170 g/mol. The molecule has 11 nitrogen and oxygen atoms in total. The first kappa shape index (κ1) is 64.0. The highest BCUT2D eigenvalue weighted by Gasteiger charge is 2.35. The van der Waals surface area contributed by atoms with Crippen LogP contribution in [0.25, 0.3) is 6.08 Å². The molecular formula is C72H83F3N6O5. The molecule has 86 heavy (non-hydrogen) atoms. The zero-order valence-electron chi connectivity index (χ0n) is 49.8. The molecule has 3 amide bonds. The quantitative estimate of drug-likeness (QED) is 0.0423. The van der Waals surface area contributed by atoms with Crippen LogP contribution in [0.15, 0.2) is 200 Å². The first-order chi connectivity index (χ1) is 41.9. The van der Waals surface area contributed by atoms with E-state index in [1.807, 2.05) is 113 Å². The number of carbonyl (C=O) groups excluding carboxylic acids is 3. The lowest BCUT2D eigenvalue weighted by Gasteiger charge is -2.39. The molecule has 7 aromatic rings. The second-order valence-corrected chi connectivity index (χ2v) is 22.1. The van der Waals surface area contributed by atoms with Gasteiger partial charge in [0.25, 0.3) is 0 Å². The molecule has 0 saturated carbocycles. The van der Waals surface area contributed by atoms with Gasteiger partial charge in [-0.2, -0.15) is 13.2 Å². The number of alkyl halides is 3. The van der Waals surface area contributed by atoms with Gasteiger partial charge in [-0.15, -0.1) is 0 Å². The summed E-state index contributed by atoms with van der Waals surface area (Å²) in [5, 5.41) is 3.56. The molecule has 0 spiro atoms. The summed E-state index contributed by atoms with van der Waals surface area (Å²) in [6, 6.07) is 60.0. The Hall–Kier alpha value is -8.04. The van der Waals surface area contributed by atoms with Crippen molar-refractivity contribution in [2.75, 3.05) is 65.6 Å². The molecule has 0 bridgehead atoms. The van der Waals surface area contributed by atoms with Crippen molar-refractivity contribution >= 4 is 23.8 Å². The molecule has 0 radical (unpaired) electrons. The number of nitrogens with one attached hydrogen (secondary N) is 1. The third-order valence-electron chi connectivity index (χ3n) is 15.6. The Morgan fingerprint density at radius 1 is 0.512 bits per heavy atom. The third-order valence-corrected chi connectivity index (χ3v) is 15.6. The first-order valence-electron chi connectivity index (χ1n) is 30.4. The van der Waals surface area contributed by atoms with Gasteiger partial charge in [-0.25, -0.2) is 0 Å². The maximum atomic E-state index is 14.5. The summed E-state index contributed by atoms with van der Waals surface area (Å²) in [7, 11) is 0. The van der Waals surface area contributed by atoms with E-state index in [0.717, 1.165) is 112 Å². The van der Waals surface area contributed by atoms with E-state index >= 15 is 0 Å². The number of rotatable bonds is 26. The Labute approximate surface area is 507 Å². The molecule has 2 heterocycles. The van der Waals surface area contributed by atoms with Crippen molar-refractivity contribution in [1.82, 2.24) is 29.8 Å². The highest BCUT2D eigenvalue weighted by atomic mass is 19.4. The topological polar surface area (TPSA) is 97.9 Å². The van der Waals surface area contributed by atoms with Crippen molar-refractivity contribution in [2.24, 2.45) is 0 Å². The van der Waals surface area contributed by atoms with E-state index in [-0.39, 0.29) is 24.4 Å². The van der Waals surface area contributed by atoms with E-state index < -0.39 is 23.7 Å². The number of ether oxygens (including phenoxy) is 2. The lowest BCUT2D eigenvalue weighted by atomic mass is 10.0. The molecule has 2 atom stereocenters. The normalized spacial score (nSPS) is 14.7. The van der Waals surface area contributed by atoms with Crippen molar-refractivity contribution in [3.63, 3.8) is 0 Å². The fourth-order valence-electron chi connectivity index (χ4n) is 10.5. The molecule has 2 saturated heterocycles. The SMILES string of the molecule is CCCCOc1ccc(CN(C(=O)/C=C/c2ccc(C(F)(F)F)cc2)[C@@H](Cc2ccccc2)C(=O)N2CCN(Cc3ccccc3)CC2)cc1.CCCCOc1ccc(CN[C@@H](Cc2ccccc2)C(=O)N2CCN(Cc3ccccc3)CC2)cc1. The van der Waals surface area contributed by atoms with Crippen LogP contribution in [0, 0.1) is 0 Å². The summed E-state index contributed by atoms with van der Waals surface area (Å²) in [4.78, 5) is 52.4. The average Bonchev–Trinajstić information content (AvgIpc) is 3.51. The van der Waals surface area contributed by atoms with Crippen LogP contribution in [0.3, 0.4) is 0 Å². The number of hydrogen-bond acceptors (Lipinski definition) is 8. The minimum absolute atomic E-state index is 0.135. The Bertz CT molecular complexity index is 3120. The van der Waals surface area contributed by atoms with Gasteiger partial charge in [-0.05, 0) is 101 Å². The summed E-state index contributed by atoms with van der Waals surface area (Å²) in [6.07, 6.45) is 3.52. The molecule has 0 aromatic heterocycles.